The van der Waals surface area contributed by atoms with E-state index in [0.717, 1.165) is 43.5 Å². The van der Waals surface area contributed by atoms with Gasteiger partial charge in [-0.2, -0.15) is 0 Å². The molecule has 0 aromatic carbocycles. The molecule has 160 valence electrons. The summed E-state index contributed by atoms with van der Waals surface area (Å²) in [6.07, 6.45) is 5.56. The Bertz CT molecular complexity index is 865. The van der Waals surface area contributed by atoms with Crippen LogP contribution >= 0.6 is 11.3 Å². The van der Waals surface area contributed by atoms with Crippen LogP contribution in [0.4, 0.5) is 9.93 Å². The van der Waals surface area contributed by atoms with Gasteiger partial charge in [0, 0.05) is 25.8 Å². The van der Waals surface area contributed by atoms with Gasteiger partial charge in [0.15, 0.2) is 0 Å². The molecule has 12 heteroatoms. The van der Waals surface area contributed by atoms with Gasteiger partial charge in [0.05, 0.1) is 12.6 Å². The van der Waals surface area contributed by atoms with Crippen molar-refractivity contribution in [1.29, 1.82) is 0 Å². The number of amides is 2. The van der Waals surface area contributed by atoms with Gasteiger partial charge >= 0.3 is 12.0 Å². The van der Waals surface area contributed by atoms with Gasteiger partial charge in [0.25, 0.3) is 0 Å². The lowest BCUT2D eigenvalue weighted by Crippen LogP contribution is -2.37. The summed E-state index contributed by atoms with van der Waals surface area (Å²) in [5.41, 5.74) is 0. The lowest BCUT2D eigenvalue weighted by molar-refractivity contribution is -0.148. The molecule has 1 aromatic rings. The number of anilines is 1. The molecule has 2 fully saturated rings. The zero-order valence-electron chi connectivity index (χ0n) is 16.2. The maximum Gasteiger partial charge on any atom is 0.329 e. The molecule has 2 unspecified atom stereocenters. The summed E-state index contributed by atoms with van der Waals surface area (Å²) >= 11 is 0.761. The van der Waals surface area contributed by atoms with E-state index < -0.39 is 28.1 Å². The van der Waals surface area contributed by atoms with E-state index in [9.17, 15) is 18.0 Å². The zero-order valence-corrected chi connectivity index (χ0v) is 17.8. The van der Waals surface area contributed by atoms with Gasteiger partial charge in [-0.15, -0.1) is 16.8 Å². The van der Waals surface area contributed by atoms with E-state index in [1.807, 2.05) is 0 Å². The highest BCUT2D eigenvalue weighted by Gasteiger charge is 2.42. The second-order valence-electron chi connectivity index (χ2n) is 6.94. The smallest absolute Gasteiger partial charge is 0.329 e. The molecule has 3 rings (SSSR count). The molecular formula is C17H24N4O6S2. The molecular weight excluding hydrogens is 420 g/mol. The largest absolute Gasteiger partial charge is 0.439 e. The van der Waals surface area contributed by atoms with E-state index in [2.05, 4.69) is 16.8 Å². The van der Waals surface area contributed by atoms with E-state index in [1.54, 1.807) is 6.08 Å². The molecule has 3 heterocycles. The van der Waals surface area contributed by atoms with E-state index >= 15 is 0 Å². The molecule has 2 amide bonds. The van der Waals surface area contributed by atoms with Crippen LogP contribution in [0.15, 0.2) is 17.0 Å². The first-order valence-corrected chi connectivity index (χ1v) is 12.0. The standard InChI is InChI=1S/C17H24N4O6S2/c1-3-9-20-11-13(27-14(22)8-4-6-12-7-5-10-26-12)21(17(20)23)15-18-19-16(28-15)29(2,24)25/h3,12-13H,1,4-11H2,2H3. The van der Waals surface area contributed by atoms with Crippen molar-refractivity contribution in [1.82, 2.24) is 15.1 Å². The number of nitrogens with zero attached hydrogens (tertiary/aromatic N) is 4. The third kappa shape index (κ3) is 5.31. The number of hydrogen-bond acceptors (Lipinski definition) is 9. The fourth-order valence-corrected chi connectivity index (χ4v) is 4.87. The van der Waals surface area contributed by atoms with E-state index in [0.29, 0.717) is 6.42 Å². The third-order valence-corrected chi connectivity index (χ3v) is 7.20. The van der Waals surface area contributed by atoms with Crippen LogP contribution in [0.3, 0.4) is 0 Å². The summed E-state index contributed by atoms with van der Waals surface area (Å²) in [5, 5.41) is 7.52. The summed E-state index contributed by atoms with van der Waals surface area (Å²) < 4.78 is 34.2. The molecule has 0 radical (unpaired) electrons. The van der Waals surface area contributed by atoms with Crippen LogP contribution in [0.2, 0.25) is 0 Å². The summed E-state index contributed by atoms with van der Waals surface area (Å²) in [5.74, 6) is -0.431. The molecule has 2 aliphatic heterocycles. The van der Waals surface area contributed by atoms with Crippen LogP contribution in [0.1, 0.15) is 32.1 Å². The molecule has 0 N–H and O–H groups in total. The number of aromatic nitrogens is 2. The maximum atomic E-state index is 12.7. The predicted molar refractivity (Wildman–Crippen MR) is 105 cm³/mol. The average molecular weight is 445 g/mol. The van der Waals surface area contributed by atoms with Gasteiger partial charge < -0.3 is 14.4 Å². The molecule has 2 aliphatic rings. The van der Waals surface area contributed by atoms with Crippen molar-refractivity contribution in [2.24, 2.45) is 0 Å². The van der Waals surface area contributed by atoms with Gasteiger partial charge in [-0.3, -0.25) is 4.79 Å². The minimum atomic E-state index is -3.56. The summed E-state index contributed by atoms with van der Waals surface area (Å²) in [7, 11) is -3.56. The summed E-state index contributed by atoms with van der Waals surface area (Å²) in [6.45, 7) is 4.79. The Labute approximate surface area is 173 Å². The first kappa shape index (κ1) is 21.7. The number of carbonyl (C=O) groups is 2. The van der Waals surface area contributed by atoms with Crippen molar-refractivity contribution in [2.75, 3.05) is 30.9 Å². The quantitative estimate of drug-likeness (QED) is 0.320. The normalized spacial score (nSPS) is 22.3. The molecule has 2 atom stereocenters. The van der Waals surface area contributed by atoms with Crippen LogP contribution in [-0.4, -0.2) is 73.8 Å². The Morgan fingerprint density at radius 1 is 1.45 bits per heavy atom. The predicted octanol–water partition coefficient (Wildman–Crippen LogP) is 1.59. The van der Waals surface area contributed by atoms with E-state index in [1.165, 1.54) is 9.80 Å². The Morgan fingerprint density at radius 3 is 2.86 bits per heavy atom. The second kappa shape index (κ2) is 9.18. The number of carbonyl (C=O) groups excluding carboxylic acids is 2. The number of esters is 1. The number of ether oxygens (including phenoxy) is 2. The molecule has 0 saturated carbocycles. The van der Waals surface area contributed by atoms with Crippen molar-refractivity contribution < 1.29 is 27.5 Å². The van der Waals surface area contributed by atoms with Crippen LogP contribution in [0.25, 0.3) is 0 Å². The first-order valence-electron chi connectivity index (χ1n) is 9.33. The molecule has 2 saturated heterocycles. The van der Waals surface area contributed by atoms with Crippen molar-refractivity contribution in [3.05, 3.63) is 12.7 Å². The minimum Gasteiger partial charge on any atom is -0.439 e. The van der Waals surface area contributed by atoms with Crippen LogP contribution < -0.4 is 4.90 Å². The highest BCUT2D eigenvalue weighted by atomic mass is 32.2. The van der Waals surface area contributed by atoms with Crippen molar-refractivity contribution in [3.8, 4) is 0 Å². The van der Waals surface area contributed by atoms with Gasteiger partial charge in [-0.25, -0.2) is 18.1 Å². The fourth-order valence-electron chi connectivity index (χ4n) is 3.23. The van der Waals surface area contributed by atoms with Crippen molar-refractivity contribution in [2.45, 2.75) is 48.8 Å². The number of hydrogen-bond donors (Lipinski definition) is 0. The Morgan fingerprint density at radius 2 is 2.24 bits per heavy atom. The Kier molecular flexibility index (Phi) is 6.85. The number of urea groups is 1. The molecule has 1 aromatic heterocycles. The van der Waals surface area contributed by atoms with Crippen LogP contribution in [0.5, 0.6) is 0 Å². The van der Waals surface area contributed by atoms with E-state index in [-0.39, 0.29) is 35.1 Å². The summed E-state index contributed by atoms with van der Waals surface area (Å²) in [4.78, 5) is 27.7. The second-order valence-corrected chi connectivity index (χ2v) is 10.1. The number of rotatable bonds is 9. The van der Waals surface area contributed by atoms with Gasteiger partial charge in [0.1, 0.15) is 0 Å². The van der Waals surface area contributed by atoms with Gasteiger partial charge in [-0.1, -0.05) is 17.4 Å². The first-order chi connectivity index (χ1) is 13.8. The molecule has 29 heavy (non-hydrogen) atoms. The maximum absolute atomic E-state index is 12.7. The topological polar surface area (TPSA) is 119 Å². The average Bonchev–Trinajstić information content (AvgIpc) is 3.37. The lowest BCUT2D eigenvalue weighted by atomic mass is 10.1. The van der Waals surface area contributed by atoms with Gasteiger partial charge in [0.2, 0.25) is 25.5 Å². The lowest BCUT2D eigenvalue weighted by Gasteiger charge is -2.20. The highest BCUT2D eigenvalue weighted by molar-refractivity contribution is 7.92. The Balaban J connectivity index is 1.66. The Hall–Kier alpha value is -2.05. The fraction of sp³-hybridized carbons (Fsp3) is 0.647. The van der Waals surface area contributed by atoms with Crippen LogP contribution in [-0.2, 0) is 24.1 Å². The van der Waals surface area contributed by atoms with Crippen molar-refractivity contribution >= 4 is 38.3 Å². The van der Waals surface area contributed by atoms with Gasteiger partial charge in [-0.05, 0) is 25.7 Å². The molecule has 0 spiro atoms. The third-order valence-electron chi connectivity index (χ3n) is 4.61. The SMILES string of the molecule is C=CCN1CC(OC(=O)CCCC2CCCO2)N(c2nnc(S(C)(=O)=O)s2)C1=O. The van der Waals surface area contributed by atoms with Crippen molar-refractivity contribution in [3.63, 3.8) is 0 Å². The summed E-state index contributed by atoms with van der Waals surface area (Å²) in [6, 6.07) is -0.446. The monoisotopic (exact) mass is 444 g/mol. The molecule has 0 bridgehead atoms. The molecule has 10 nitrogen and oxygen atoms in total. The zero-order chi connectivity index (χ0) is 21.0. The highest BCUT2D eigenvalue weighted by Crippen LogP contribution is 2.30. The van der Waals surface area contributed by atoms with Crippen LogP contribution in [0, 0.1) is 0 Å². The minimum absolute atomic E-state index is 0.0687. The number of sulfone groups is 1. The van der Waals surface area contributed by atoms with E-state index in [4.69, 9.17) is 9.47 Å². The molecule has 0 aliphatic carbocycles.